The highest BCUT2D eigenvalue weighted by Gasteiger charge is 2.18. The van der Waals surface area contributed by atoms with Crippen molar-refractivity contribution in [3.05, 3.63) is 54.3 Å². The fourth-order valence-electron chi connectivity index (χ4n) is 1.50. The Morgan fingerprint density at radius 3 is 2.65 bits per heavy atom. The lowest BCUT2D eigenvalue weighted by Crippen LogP contribution is -1.99. The summed E-state index contributed by atoms with van der Waals surface area (Å²) in [6, 6.07) is 6.56. The highest BCUT2D eigenvalue weighted by molar-refractivity contribution is 9.11. The first kappa shape index (κ1) is 13.2. The Bertz CT molecular complexity index is 534. The molecule has 17 heavy (non-hydrogen) atoms. The predicted molar refractivity (Wildman–Crippen MR) is 74.9 cm³/mol. The summed E-state index contributed by atoms with van der Waals surface area (Å²) in [5.74, 6) is -0.367. The van der Waals surface area contributed by atoms with Crippen LogP contribution in [0, 0.1) is 12.7 Å². The van der Waals surface area contributed by atoms with Gasteiger partial charge in [0.15, 0.2) is 0 Å². The van der Waals surface area contributed by atoms with Gasteiger partial charge in [0.1, 0.15) is 11.9 Å². The van der Waals surface area contributed by atoms with E-state index in [0.29, 0.717) is 10.0 Å². The number of aliphatic hydroxyl groups excluding tert-OH is 1. The minimum absolute atomic E-state index is 0.315. The lowest BCUT2D eigenvalue weighted by atomic mass is 10.1. The maximum atomic E-state index is 13.4. The van der Waals surface area contributed by atoms with E-state index in [0.717, 1.165) is 14.2 Å². The average molecular weight is 380 g/mol. The molecule has 2 aromatic rings. The van der Waals surface area contributed by atoms with Crippen LogP contribution >= 0.6 is 43.2 Å². The van der Waals surface area contributed by atoms with Gasteiger partial charge in [0.25, 0.3) is 0 Å². The molecule has 0 spiro atoms. The molecule has 1 atom stereocenters. The van der Waals surface area contributed by atoms with Crippen molar-refractivity contribution in [1.82, 2.24) is 0 Å². The maximum Gasteiger partial charge on any atom is 0.137 e. The van der Waals surface area contributed by atoms with E-state index in [1.54, 1.807) is 12.1 Å². The Morgan fingerprint density at radius 1 is 1.35 bits per heavy atom. The molecule has 90 valence electrons. The van der Waals surface area contributed by atoms with Crippen molar-refractivity contribution < 1.29 is 9.50 Å². The summed E-state index contributed by atoms with van der Waals surface area (Å²) in [7, 11) is 0. The first-order chi connectivity index (χ1) is 8.00. The first-order valence-electron chi connectivity index (χ1n) is 4.88. The molecule has 0 aliphatic carbocycles. The molecule has 0 aliphatic rings. The minimum Gasteiger partial charge on any atom is -0.383 e. The van der Waals surface area contributed by atoms with E-state index >= 15 is 0 Å². The van der Waals surface area contributed by atoms with Crippen LogP contribution in [0.15, 0.2) is 32.5 Å². The molecule has 0 saturated carbocycles. The van der Waals surface area contributed by atoms with Crippen molar-refractivity contribution in [3.8, 4) is 0 Å². The van der Waals surface area contributed by atoms with Crippen LogP contribution in [0.2, 0.25) is 0 Å². The summed E-state index contributed by atoms with van der Waals surface area (Å²) in [4.78, 5) is 0.792. The van der Waals surface area contributed by atoms with Gasteiger partial charge in [0, 0.05) is 10.4 Å². The van der Waals surface area contributed by atoms with Crippen molar-refractivity contribution in [3.63, 3.8) is 0 Å². The molecule has 5 heteroatoms. The highest BCUT2D eigenvalue weighted by Crippen LogP contribution is 2.37. The van der Waals surface area contributed by atoms with E-state index < -0.39 is 6.10 Å². The number of halogens is 3. The van der Waals surface area contributed by atoms with Crippen LogP contribution in [-0.4, -0.2) is 5.11 Å². The smallest absolute Gasteiger partial charge is 0.137 e. The second-order valence-electron chi connectivity index (χ2n) is 3.65. The predicted octanol–water partition coefficient (Wildman–Crippen LogP) is 4.80. The van der Waals surface area contributed by atoms with Gasteiger partial charge < -0.3 is 5.11 Å². The van der Waals surface area contributed by atoms with Crippen molar-refractivity contribution in [1.29, 1.82) is 0 Å². The third kappa shape index (κ3) is 2.62. The first-order valence-corrected chi connectivity index (χ1v) is 7.28. The molecule has 1 unspecified atom stereocenters. The molecule has 0 aliphatic heterocycles. The zero-order chi connectivity index (χ0) is 12.6. The molecular weight excluding hydrogens is 371 g/mol. The van der Waals surface area contributed by atoms with E-state index in [2.05, 4.69) is 31.9 Å². The van der Waals surface area contributed by atoms with Crippen LogP contribution in [0.1, 0.15) is 22.1 Å². The van der Waals surface area contributed by atoms with Gasteiger partial charge in [-0.2, -0.15) is 0 Å². The van der Waals surface area contributed by atoms with Crippen molar-refractivity contribution >= 4 is 43.2 Å². The summed E-state index contributed by atoms with van der Waals surface area (Å²) in [6.07, 6.45) is -0.810. The normalized spacial score (nSPS) is 12.8. The van der Waals surface area contributed by atoms with E-state index in [-0.39, 0.29) is 5.82 Å². The lowest BCUT2D eigenvalue weighted by molar-refractivity contribution is 0.222. The van der Waals surface area contributed by atoms with E-state index in [1.165, 1.54) is 17.4 Å². The van der Waals surface area contributed by atoms with Crippen molar-refractivity contribution in [2.45, 2.75) is 13.0 Å². The van der Waals surface area contributed by atoms with Crippen LogP contribution in [0.5, 0.6) is 0 Å². The van der Waals surface area contributed by atoms with Gasteiger partial charge in [-0.05, 0) is 56.5 Å². The molecule has 0 saturated heterocycles. The highest BCUT2D eigenvalue weighted by atomic mass is 79.9. The molecular formula is C12H9Br2FOS. The summed E-state index contributed by atoms with van der Waals surface area (Å²) < 4.78 is 14.7. The standard InChI is InChI=1S/C12H9Br2FOS/c1-6-5-9(17-12(6)14)11(16)7-3-2-4-8(15)10(7)13/h2-5,11,16H,1H3. The zero-order valence-corrected chi connectivity index (χ0v) is 12.9. The fraction of sp³-hybridized carbons (Fsp3) is 0.167. The molecule has 1 nitrogen and oxygen atoms in total. The number of hydrogen-bond donors (Lipinski definition) is 1. The maximum absolute atomic E-state index is 13.4. The summed E-state index contributed by atoms with van der Waals surface area (Å²) >= 11 is 8.03. The van der Waals surface area contributed by atoms with Gasteiger partial charge in [-0.15, -0.1) is 11.3 Å². The fourth-order valence-corrected chi connectivity index (χ4v) is 3.56. The van der Waals surface area contributed by atoms with Crippen LogP contribution in [0.3, 0.4) is 0 Å². The Kier molecular flexibility index (Phi) is 4.02. The van der Waals surface area contributed by atoms with Gasteiger partial charge in [-0.3, -0.25) is 0 Å². The van der Waals surface area contributed by atoms with E-state index in [1.807, 2.05) is 13.0 Å². The second kappa shape index (κ2) is 5.18. The Balaban J connectivity index is 2.43. The number of rotatable bonds is 2. The van der Waals surface area contributed by atoms with Crippen LogP contribution < -0.4 is 0 Å². The van der Waals surface area contributed by atoms with E-state index in [4.69, 9.17) is 0 Å². The quantitative estimate of drug-likeness (QED) is 0.794. The SMILES string of the molecule is Cc1cc(C(O)c2cccc(F)c2Br)sc1Br. The molecule has 0 fully saturated rings. The molecule has 0 amide bonds. The molecule has 1 aromatic heterocycles. The molecule has 2 rings (SSSR count). The van der Waals surface area contributed by atoms with Gasteiger partial charge in [0.05, 0.1) is 8.26 Å². The van der Waals surface area contributed by atoms with Crippen molar-refractivity contribution in [2.24, 2.45) is 0 Å². The lowest BCUT2D eigenvalue weighted by Gasteiger charge is -2.11. The zero-order valence-electron chi connectivity index (χ0n) is 8.88. The molecule has 1 N–H and O–H groups in total. The summed E-state index contributed by atoms with van der Waals surface area (Å²) in [5, 5.41) is 10.2. The largest absolute Gasteiger partial charge is 0.383 e. The Morgan fingerprint density at radius 2 is 2.06 bits per heavy atom. The molecule has 0 radical (unpaired) electrons. The van der Waals surface area contributed by atoms with Gasteiger partial charge in [-0.25, -0.2) is 4.39 Å². The Labute approximate surface area is 120 Å². The molecule has 1 aromatic carbocycles. The number of benzene rings is 1. The van der Waals surface area contributed by atoms with Crippen LogP contribution in [-0.2, 0) is 0 Å². The number of aliphatic hydroxyl groups is 1. The third-order valence-corrected chi connectivity index (χ3v) is 5.45. The number of hydrogen-bond acceptors (Lipinski definition) is 2. The molecule has 0 bridgehead atoms. The molecule has 1 heterocycles. The van der Waals surface area contributed by atoms with Crippen molar-refractivity contribution in [2.75, 3.05) is 0 Å². The summed E-state index contributed by atoms with van der Waals surface area (Å²) in [5.41, 5.74) is 1.61. The monoisotopic (exact) mass is 378 g/mol. The Hall–Kier alpha value is -0.230. The van der Waals surface area contributed by atoms with Crippen LogP contribution in [0.4, 0.5) is 4.39 Å². The van der Waals surface area contributed by atoms with E-state index in [9.17, 15) is 9.50 Å². The summed E-state index contributed by atoms with van der Waals surface area (Å²) in [6.45, 7) is 1.96. The third-order valence-electron chi connectivity index (χ3n) is 2.42. The second-order valence-corrected chi connectivity index (χ2v) is 6.85. The van der Waals surface area contributed by atoms with Gasteiger partial charge in [-0.1, -0.05) is 12.1 Å². The topological polar surface area (TPSA) is 20.2 Å². The van der Waals surface area contributed by atoms with Crippen LogP contribution in [0.25, 0.3) is 0 Å². The average Bonchev–Trinajstić information content (AvgIpc) is 2.62. The minimum atomic E-state index is -0.810. The number of thiophene rings is 1. The van der Waals surface area contributed by atoms with Gasteiger partial charge >= 0.3 is 0 Å². The number of aryl methyl sites for hydroxylation is 1. The van der Waals surface area contributed by atoms with Gasteiger partial charge in [0.2, 0.25) is 0 Å².